The van der Waals surface area contributed by atoms with Gasteiger partial charge in [-0.15, -0.1) is 0 Å². The van der Waals surface area contributed by atoms with Crippen molar-refractivity contribution in [1.29, 1.82) is 0 Å². The third kappa shape index (κ3) is 2.52. The van der Waals surface area contributed by atoms with Gasteiger partial charge >= 0.3 is 0 Å². The lowest BCUT2D eigenvalue weighted by Gasteiger charge is -2.23. The molecule has 19 heavy (non-hydrogen) atoms. The molecule has 0 atom stereocenters. The minimum Gasteiger partial charge on any atom is -0.496 e. The van der Waals surface area contributed by atoms with Gasteiger partial charge in [-0.1, -0.05) is 26.8 Å². The number of benzene rings is 1. The predicted octanol–water partition coefficient (Wildman–Crippen LogP) is 2.03. The van der Waals surface area contributed by atoms with Crippen LogP contribution in [-0.4, -0.2) is 18.9 Å². The number of nitrogens with one attached hydrogen (secondary N) is 1. The molecule has 100 valence electrons. The largest absolute Gasteiger partial charge is 0.496 e. The fourth-order valence-corrected chi connectivity index (χ4v) is 2.09. The van der Waals surface area contributed by atoms with Crippen molar-refractivity contribution in [2.45, 2.75) is 26.2 Å². The summed E-state index contributed by atoms with van der Waals surface area (Å²) >= 11 is 0. The molecule has 0 radical (unpaired) electrons. The number of hydrogen-bond acceptors (Lipinski definition) is 3. The molecule has 2 rings (SSSR count). The van der Waals surface area contributed by atoms with Gasteiger partial charge in [0.2, 0.25) is 0 Å². The summed E-state index contributed by atoms with van der Waals surface area (Å²) in [5.74, 6) is 0.0599. The summed E-state index contributed by atoms with van der Waals surface area (Å²) in [6.07, 6.45) is 1.33. The van der Waals surface area contributed by atoms with E-state index in [1.807, 2.05) is 12.1 Å². The Morgan fingerprint density at radius 1 is 1.16 bits per heavy atom. The molecule has 0 unspecified atom stereocenters. The monoisotopic (exact) mass is 259 g/mol. The quantitative estimate of drug-likeness (QED) is 0.827. The minimum absolute atomic E-state index is 0.110. The molecule has 1 N–H and O–H groups in total. The van der Waals surface area contributed by atoms with Gasteiger partial charge in [0.25, 0.3) is 11.8 Å². The van der Waals surface area contributed by atoms with Crippen LogP contribution < -0.4 is 10.1 Å². The maximum Gasteiger partial charge on any atom is 0.258 e. The average Bonchev–Trinajstić information content (AvgIpc) is 2.66. The molecular weight excluding hydrogens is 242 g/mol. The van der Waals surface area contributed by atoms with E-state index in [9.17, 15) is 9.59 Å². The van der Waals surface area contributed by atoms with Gasteiger partial charge in [0.05, 0.1) is 12.7 Å². The predicted molar refractivity (Wildman–Crippen MR) is 72.8 cm³/mol. The topological polar surface area (TPSA) is 55.4 Å². The maximum absolute atomic E-state index is 11.7. The number of carbonyl (C=O) groups is 2. The van der Waals surface area contributed by atoms with Crippen molar-refractivity contribution in [1.82, 2.24) is 5.32 Å². The third-order valence-corrected chi connectivity index (χ3v) is 3.08. The van der Waals surface area contributed by atoms with Gasteiger partial charge in [0.1, 0.15) is 5.75 Å². The van der Waals surface area contributed by atoms with Gasteiger partial charge in [0.15, 0.2) is 0 Å². The highest BCUT2D eigenvalue weighted by Crippen LogP contribution is 2.34. The Hall–Kier alpha value is -2.10. The Morgan fingerprint density at radius 2 is 1.84 bits per heavy atom. The zero-order chi connectivity index (χ0) is 14.2. The number of hydrogen-bond donors (Lipinski definition) is 1. The van der Waals surface area contributed by atoms with Crippen LogP contribution in [0.15, 0.2) is 24.3 Å². The van der Waals surface area contributed by atoms with Gasteiger partial charge in [-0.25, -0.2) is 0 Å². The van der Waals surface area contributed by atoms with Crippen LogP contribution in [0.5, 0.6) is 5.75 Å². The number of ether oxygens (including phenoxy) is 1. The Kier molecular flexibility index (Phi) is 3.18. The lowest BCUT2D eigenvalue weighted by molar-refractivity contribution is -0.123. The summed E-state index contributed by atoms with van der Waals surface area (Å²) in [5, 5.41) is 2.25. The van der Waals surface area contributed by atoms with E-state index in [1.54, 1.807) is 13.2 Å². The van der Waals surface area contributed by atoms with Crippen LogP contribution in [0.2, 0.25) is 0 Å². The summed E-state index contributed by atoms with van der Waals surface area (Å²) in [6, 6.07) is 5.52. The van der Waals surface area contributed by atoms with E-state index in [1.165, 1.54) is 6.08 Å². The molecule has 1 aliphatic heterocycles. The molecule has 0 spiro atoms. The SMILES string of the molecule is COc1ccc(C2=CC(=O)NC2=O)cc1C(C)(C)C. The molecule has 0 bridgehead atoms. The highest BCUT2D eigenvalue weighted by molar-refractivity contribution is 6.33. The highest BCUT2D eigenvalue weighted by Gasteiger charge is 2.25. The van der Waals surface area contributed by atoms with Crippen LogP contribution in [0.25, 0.3) is 5.57 Å². The van der Waals surface area contributed by atoms with E-state index >= 15 is 0 Å². The van der Waals surface area contributed by atoms with Crippen molar-refractivity contribution in [3.63, 3.8) is 0 Å². The summed E-state index contributed by atoms with van der Waals surface area (Å²) in [6.45, 7) is 6.22. The van der Waals surface area contributed by atoms with E-state index in [-0.39, 0.29) is 17.2 Å². The van der Waals surface area contributed by atoms with Crippen LogP contribution >= 0.6 is 0 Å². The molecule has 0 saturated carbocycles. The normalized spacial score (nSPS) is 15.3. The molecule has 4 nitrogen and oxygen atoms in total. The molecule has 1 aromatic rings. The first kappa shape index (κ1) is 13.3. The molecule has 4 heteroatoms. The molecule has 0 aliphatic carbocycles. The Labute approximate surface area is 112 Å². The van der Waals surface area contributed by atoms with E-state index in [0.29, 0.717) is 5.57 Å². The number of amides is 2. The molecule has 1 aliphatic rings. The van der Waals surface area contributed by atoms with E-state index in [2.05, 4.69) is 26.1 Å². The molecule has 0 fully saturated rings. The summed E-state index contributed by atoms with van der Waals surface area (Å²) < 4.78 is 5.35. The zero-order valence-corrected chi connectivity index (χ0v) is 11.5. The van der Waals surface area contributed by atoms with Crippen molar-refractivity contribution in [2.75, 3.05) is 7.11 Å². The first-order chi connectivity index (χ1) is 8.82. The molecule has 2 amide bonds. The smallest absolute Gasteiger partial charge is 0.258 e. The average molecular weight is 259 g/mol. The van der Waals surface area contributed by atoms with Crippen LogP contribution in [0.3, 0.4) is 0 Å². The second-order valence-corrected chi connectivity index (χ2v) is 5.54. The first-order valence-electron chi connectivity index (χ1n) is 6.09. The van der Waals surface area contributed by atoms with Gasteiger partial charge < -0.3 is 4.74 Å². The fraction of sp³-hybridized carbons (Fsp3) is 0.333. The lowest BCUT2D eigenvalue weighted by Crippen LogP contribution is -2.22. The van der Waals surface area contributed by atoms with Gasteiger partial charge in [0, 0.05) is 11.6 Å². The van der Waals surface area contributed by atoms with Crippen molar-refractivity contribution >= 4 is 17.4 Å². The Bertz CT molecular complexity index is 580. The minimum atomic E-state index is -0.367. The standard InChI is InChI=1S/C15H17NO3/c1-15(2,3)11-7-9(5-6-12(11)19-4)10-8-13(17)16-14(10)18/h5-8H,1-4H3,(H,16,17,18). The molecular formula is C15H17NO3. The second-order valence-electron chi connectivity index (χ2n) is 5.54. The Morgan fingerprint density at radius 3 is 2.32 bits per heavy atom. The number of rotatable bonds is 2. The number of imide groups is 1. The van der Waals surface area contributed by atoms with Gasteiger partial charge in [-0.3, -0.25) is 14.9 Å². The van der Waals surface area contributed by atoms with Gasteiger partial charge in [-0.2, -0.15) is 0 Å². The van der Waals surface area contributed by atoms with Crippen LogP contribution in [0.4, 0.5) is 0 Å². The van der Waals surface area contributed by atoms with Gasteiger partial charge in [-0.05, 0) is 23.1 Å². The fourth-order valence-electron chi connectivity index (χ4n) is 2.09. The summed E-state index contributed by atoms with van der Waals surface area (Å²) in [7, 11) is 1.62. The highest BCUT2D eigenvalue weighted by atomic mass is 16.5. The van der Waals surface area contributed by atoms with Crippen molar-refractivity contribution in [3.05, 3.63) is 35.4 Å². The summed E-state index contributed by atoms with van der Waals surface area (Å²) in [5.41, 5.74) is 2.02. The number of carbonyl (C=O) groups excluding carboxylic acids is 2. The lowest BCUT2D eigenvalue weighted by atomic mass is 9.84. The second kappa shape index (κ2) is 4.53. The van der Waals surface area contributed by atoms with Crippen molar-refractivity contribution in [3.8, 4) is 5.75 Å². The molecule has 0 aromatic heterocycles. The molecule has 1 heterocycles. The first-order valence-corrected chi connectivity index (χ1v) is 6.09. The summed E-state index contributed by atoms with van der Waals surface area (Å²) in [4.78, 5) is 22.9. The van der Waals surface area contributed by atoms with E-state index in [0.717, 1.165) is 16.9 Å². The number of methoxy groups -OCH3 is 1. The van der Waals surface area contributed by atoms with Crippen molar-refractivity contribution < 1.29 is 14.3 Å². The van der Waals surface area contributed by atoms with Crippen molar-refractivity contribution in [2.24, 2.45) is 0 Å². The third-order valence-electron chi connectivity index (χ3n) is 3.08. The molecule has 0 saturated heterocycles. The van der Waals surface area contributed by atoms with E-state index in [4.69, 9.17) is 4.74 Å². The molecule has 1 aromatic carbocycles. The van der Waals surface area contributed by atoms with E-state index < -0.39 is 0 Å². The Balaban J connectivity index is 2.53. The maximum atomic E-state index is 11.7. The zero-order valence-electron chi connectivity index (χ0n) is 11.5. The van der Waals surface area contributed by atoms with Crippen LogP contribution in [0, 0.1) is 0 Å². The van der Waals surface area contributed by atoms with Crippen LogP contribution in [-0.2, 0) is 15.0 Å². The van der Waals surface area contributed by atoms with Crippen LogP contribution in [0.1, 0.15) is 31.9 Å².